The molecule has 0 bridgehead atoms. The second kappa shape index (κ2) is 2.92. The van der Waals surface area contributed by atoms with E-state index in [1.165, 1.54) is 0 Å². The molecule has 2 rings (SSSR count). The maximum Gasteiger partial charge on any atom is 0.190 e. The summed E-state index contributed by atoms with van der Waals surface area (Å²) in [6, 6.07) is 0. The number of likely N-dealkylation sites (N-methyl/N-ethyl adjacent to an activating group) is 1. The molecule has 2 heterocycles. The van der Waals surface area contributed by atoms with Crippen LogP contribution in [0.25, 0.3) is 0 Å². The average molecular weight is 201 g/mol. The fraction of sp³-hybridized carbons (Fsp3) is 0.429. The maximum absolute atomic E-state index is 5.86. The van der Waals surface area contributed by atoms with Crippen LogP contribution in [-0.2, 0) is 0 Å². The molecule has 0 aromatic carbocycles. The van der Waals surface area contributed by atoms with Gasteiger partial charge >= 0.3 is 0 Å². The van der Waals surface area contributed by atoms with Gasteiger partial charge in [0.2, 0.25) is 0 Å². The lowest BCUT2D eigenvalue weighted by Gasteiger charge is -2.27. The number of fused-ring (bicyclic) bond motifs is 1. The molecule has 1 aliphatic heterocycles. The number of anilines is 2. The van der Waals surface area contributed by atoms with Gasteiger partial charge in [-0.1, -0.05) is 11.6 Å². The predicted molar refractivity (Wildman–Crippen MR) is 50.2 cm³/mol. The van der Waals surface area contributed by atoms with E-state index in [0.29, 0.717) is 17.5 Å². The predicted octanol–water partition coefficient (Wildman–Crippen LogP) is 0.541. The number of halogens is 1. The Morgan fingerprint density at radius 2 is 2.31 bits per heavy atom. The van der Waals surface area contributed by atoms with Crippen molar-refractivity contribution in [2.24, 2.45) is 0 Å². The Labute approximate surface area is 80.4 Å². The van der Waals surface area contributed by atoms with Gasteiger partial charge in [-0.25, -0.2) is 0 Å². The molecule has 0 saturated heterocycles. The molecule has 1 aromatic rings. The van der Waals surface area contributed by atoms with Crippen LogP contribution in [-0.4, -0.2) is 30.4 Å². The van der Waals surface area contributed by atoms with Crippen LogP contribution in [0.3, 0.4) is 0 Å². The minimum Gasteiger partial charge on any atom is -0.486 e. The smallest absolute Gasteiger partial charge is 0.190 e. The number of nitrogens with two attached hydrogens (primary N) is 1. The number of rotatable bonds is 0. The highest BCUT2D eigenvalue weighted by atomic mass is 35.5. The maximum atomic E-state index is 5.86. The number of hydrogen-bond donors (Lipinski definition) is 1. The third kappa shape index (κ3) is 1.25. The van der Waals surface area contributed by atoms with Gasteiger partial charge in [0.25, 0.3) is 0 Å². The van der Waals surface area contributed by atoms with Gasteiger partial charge in [-0.05, 0) is 0 Å². The number of nitrogen functional groups attached to an aromatic ring is 1. The standard InChI is InChI=1S/C7H9ClN4O/c1-12-2-3-13-5-4(12)6(8)10-11-7(5)9/h2-3H2,1H3,(H2,9,11). The zero-order valence-electron chi connectivity index (χ0n) is 7.12. The first-order valence-corrected chi connectivity index (χ1v) is 4.23. The summed E-state index contributed by atoms with van der Waals surface area (Å²) in [4.78, 5) is 1.95. The van der Waals surface area contributed by atoms with Crippen molar-refractivity contribution in [3.05, 3.63) is 5.15 Å². The Hall–Kier alpha value is -1.23. The molecular weight excluding hydrogens is 192 g/mol. The SMILES string of the molecule is CN1CCOc2c(N)nnc(Cl)c21. The van der Waals surface area contributed by atoms with Gasteiger partial charge in [0, 0.05) is 7.05 Å². The van der Waals surface area contributed by atoms with Gasteiger partial charge in [-0.15, -0.1) is 10.2 Å². The van der Waals surface area contributed by atoms with E-state index >= 15 is 0 Å². The Bertz CT molecular complexity index is 344. The summed E-state index contributed by atoms with van der Waals surface area (Å²) in [5.41, 5.74) is 6.31. The van der Waals surface area contributed by atoms with E-state index in [1.54, 1.807) is 0 Å². The molecule has 70 valence electrons. The summed E-state index contributed by atoms with van der Waals surface area (Å²) < 4.78 is 5.35. The summed E-state index contributed by atoms with van der Waals surface area (Å²) in [5, 5.41) is 7.71. The Morgan fingerprint density at radius 3 is 3.00 bits per heavy atom. The van der Waals surface area contributed by atoms with Gasteiger partial charge in [0.05, 0.1) is 6.54 Å². The largest absolute Gasteiger partial charge is 0.486 e. The van der Waals surface area contributed by atoms with E-state index in [2.05, 4.69) is 10.2 Å². The van der Waals surface area contributed by atoms with Crippen LogP contribution in [0.15, 0.2) is 0 Å². The average Bonchev–Trinajstić information content (AvgIpc) is 2.12. The Balaban J connectivity index is 2.60. The van der Waals surface area contributed by atoms with E-state index in [0.717, 1.165) is 12.2 Å². The van der Waals surface area contributed by atoms with Crippen molar-refractivity contribution in [1.82, 2.24) is 10.2 Å². The van der Waals surface area contributed by atoms with Crippen LogP contribution in [0, 0.1) is 0 Å². The minimum absolute atomic E-state index is 0.283. The van der Waals surface area contributed by atoms with Crippen LogP contribution < -0.4 is 15.4 Å². The summed E-state index contributed by atoms with van der Waals surface area (Å²) in [7, 11) is 1.91. The molecular formula is C7H9ClN4O. The first kappa shape index (κ1) is 8.37. The first-order valence-electron chi connectivity index (χ1n) is 3.85. The topological polar surface area (TPSA) is 64.3 Å². The van der Waals surface area contributed by atoms with Crippen molar-refractivity contribution in [2.75, 3.05) is 30.8 Å². The molecule has 1 aliphatic rings. The van der Waals surface area contributed by atoms with Crippen molar-refractivity contribution in [2.45, 2.75) is 0 Å². The molecule has 5 nitrogen and oxygen atoms in total. The van der Waals surface area contributed by atoms with Crippen LogP contribution in [0.1, 0.15) is 0 Å². The second-order valence-electron chi connectivity index (χ2n) is 2.82. The normalized spacial score (nSPS) is 15.1. The number of hydrogen-bond acceptors (Lipinski definition) is 5. The van der Waals surface area contributed by atoms with Crippen molar-refractivity contribution >= 4 is 23.1 Å². The molecule has 0 saturated carbocycles. The van der Waals surface area contributed by atoms with E-state index in [9.17, 15) is 0 Å². The molecule has 0 aliphatic carbocycles. The summed E-state index contributed by atoms with van der Waals surface area (Å²) in [6.07, 6.45) is 0. The van der Waals surface area contributed by atoms with Gasteiger partial charge in [0.1, 0.15) is 12.3 Å². The summed E-state index contributed by atoms with van der Waals surface area (Å²) >= 11 is 5.86. The first-order chi connectivity index (χ1) is 6.20. The number of ether oxygens (including phenoxy) is 1. The molecule has 0 unspecified atom stereocenters. The van der Waals surface area contributed by atoms with Crippen molar-refractivity contribution < 1.29 is 4.74 Å². The van der Waals surface area contributed by atoms with Crippen molar-refractivity contribution in [3.8, 4) is 5.75 Å². The molecule has 0 atom stereocenters. The van der Waals surface area contributed by atoms with Crippen molar-refractivity contribution in [1.29, 1.82) is 0 Å². The molecule has 1 aromatic heterocycles. The highest BCUT2D eigenvalue weighted by Gasteiger charge is 2.22. The monoisotopic (exact) mass is 200 g/mol. The van der Waals surface area contributed by atoms with Crippen LogP contribution in [0.2, 0.25) is 5.15 Å². The highest BCUT2D eigenvalue weighted by molar-refractivity contribution is 6.32. The van der Waals surface area contributed by atoms with Gasteiger partial charge in [0.15, 0.2) is 16.7 Å². The Kier molecular flexibility index (Phi) is 1.88. The minimum atomic E-state index is 0.283. The molecule has 0 fully saturated rings. The van der Waals surface area contributed by atoms with E-state index in [4.69, 9.17) is 22.1 Å². The van der Waals surface area contributed by atoms with Crippen LogP contribution in [0.4, 0.5) is 11.5 Å². The fourth-order valence-corrected chi connectivity index (χ4v) is 1.54. The molecule has 2 N–H and O–H groups in total. The molecule has 0 radical (unpaired) electrons. The Morgan fingerprint density at radius 1 is 1.54 bits per heavy atom. The molecule has 0 amide bonds. The van der Waals surface area contributed by atoms with Gasteiger partial charge in [-0.2, -0.15) is 0 Å². The lowest BCUT2D eigenvalue weighted by Crippen LogP contribution is -2.30. The molecule has 0 spiro atoms. The summed E-state index contributed by atoms with van der Waals surface area (Å²) in [6.45, 7) is 1.37. The fourth-order valence-electron chi connectivity index (χ4n) is 1.28. The van der Waals surface area contributed by atoms with E-state index in [1.807, 2.05) is 11.9 Å². The third-order valence-corrected chi connectivity index (χ3v) is 2.20. The zero-order valence-corrected chi connectivity index (χ0v) is 7.88. The number of nitrogens with zero attached hydrogens (tertiary/aromatic N) is 3. The molecule has 6 heteroatoms. The quantitative estimate of drug-likeness (QED) is 0.662. The van der Waals surface area contributed by atoms with Gasteiger partial charge in [-0.3, -0.25) is 0 Å². The third-order valence-electron chi connectivity index (χ3n) is 1.94. The van der Waals surface area contributed by atoms with E-state index in [-0.39, 0.29) is 5.82 Å². The van der Waals surface area contributed by atoms with Gasteiger partial charge < -0.3 is 15.4 Å². The van der Waals surface area contributed by atoms with Crippen LogP contribution >= 0.6 is 11.6 Å². The lowest BCUT2D eigenvalue weighted by molar-refractivity contribution is 0.311. The molecule has 13 heavy (non-hydrogen) atoms. The van der Waals surface area contributed by atoms with Crippen LogP contribution in [0.5, 0.6) is 5.75 Å². The summed E-state index contributed by atoms with van der Waals surface area (Å²) in [5.74, 6) is 0.819. The zero-order chi connectivity index (χ0) is 9.42. The van der Waals surface area contributed by atoms with Crippen molar-refractivity contribution in [3.63, 3.8) is 0 Å². The second-order valence-corrected chi connectivity index (χ2v) is 3.18. The number of aromatic nitrogens is 2. The highest BCUT2D eigenvalue weighted by Crippen LogP contribution is 2.38. The van der Waals surface area contributed by atoms with E-state index < -0.39 is 0 Å². The lowest BCUT2D eigenvalue weighted by atomic mass is 10.3.